The van der Waals surface area contributed by atoms with Crippen LogP contribution >= 0.6 is 0 Å². The van der Waals surface area contributed by atoms with Crippen LogP contribution in [0.25, 0.3) is 0 Å². The number of carbonyl (C=O) groups is 2. The maximum absolute atomic E-state index is 12.7. The maximum Gasteiger partial charge on any atom is 0.407 e. The zero-order chi connectivity index (χ0) is 18.8. The van der Waals surface area contributed by atoms with Gasteiger partial charge in [-0.1, -0.05) is 18.9 Å². The second kappa shape index (κ2) is 7.25. The van der Waals surface area contributed by atoms with Crippen LogP contribution in [0.15, 0.2) is 24.5 Å². The fourth-order valence-electron chi connectivity index (χ4n) is 3.76. The molecule has 1 aromatic heterocycles. The molecule has 0 unspecified atom stereocenters. The number of nitrogens with one attached hydrogen (secondary N) is 2. The third-order valence-corrected chi connectivity index (χ3v) is 5.16. The molecule has 3 rings (SSSR count). The summed E-state index contributed by atoms with van der Waals surface area (Å²) in [6, 6.07) is 3.94. The van der Waals surface area contributed by atoms with Gasteiger partial charge in [0.2, 0.25) is 5.91 Å². The Morgan fingerprint density at radius 3 is 2.65 bits per heavy atom. The van der Waals surface area contributed by atoms with Gasteiger partial charge < -0.3 is 15.4 Å². The van der Waals surface area contributed by atoms with Gasteiger partial charge in [0.05, 0.1) is 5.54 Å². The summed E-state index contributed by atoms with van der Waals surface area (Å²) in [7, 11) is 0. The predicted octanol–water partition coefficient (Wildman–Crippen LogP) is 3.14. The first-order valence-corrected chi connectivity index (χ1v) is 9.47. The number of hydrogen-bond donors (Lipinski definition) is 2. The van der Waals surface area contributed by atoms with Crippen molar-refractivity contribution in [1.29, 1.82) is 0 Å². The van der Waals surface area contributed by atoms with Gasteiger partial charge in [-0.15, -0.1) is 0 Å². The minimum absolute atomic E-state index is 0.0122. The Hall–Kier alpha value is -2.11. The SMILES string of the molecule is CC(C)(C)OC(=O)NCC1(NC(=O)[C@H]2C[C@H]2c2cccnc2)CCCC1. The molecule has 1 heterocycles. The fourth-order valence-corrected chi connectivity index (χ4v) is 3.76. The molecule has 142 valence electrons. The van der Waals surface area contributed by atoms with Crippen molar-refractivity contribution in [1.82, 2.24) is 15.6 Å². The number of pyridine rings is 1. The average Bonchev–Trinajstić information content (AvgIpc) is 3.26. The number of aromatic nitrogens is 1. The minimum Gasteiger partial charge on any atom is -0.444 e. The second-order valence-electron chi connectivity index (χ2n) is 8.57. The quantitative estimate of drug-likeness (QED) is 0.846. The number of amides is 2. The van der Waals surface area contributed by atoms with E-state index in [1.54, 1.807) is 6.20 Å². The standard InChI is InChI=1S/C20H29N3O3/c1-19(2,3)26-18(25)22-13-20(8-4-5-9-20)23-17(24)16-11-15(16)14-7-6-10-21-12-14/h6-7,10,12,15-16H,4-5,8-9,11,13H2,1-3H3,(H,22,25)(H,23,24)/t15-,16-/m0/s1. The number of ether oxygens (including phenoxy) is 1. The highest BCUT2D eigenvalue weighted by Crippen LogP contribution is 2.47. The summed E-state index contributed by atoms with van der Waals surface area (Å²) in [6.45, 7) is 5.93. The average molecular weight is 359 g/mol. The molecule has 2 amide bonds. The fraction of sp³-hybridized carbons (Fsp3) is 0.650. The van der Waals surface area contributed by atoms with Crippen LogP contribution in [-0.2, 0) is 9.53 Å². The Balaban J connectivity index is 1.55. The number of alkyl carbamates (subject to hydrolysis) is 1. The lowest BCUT2D eigenvalue weighted by atomic mass is 9.96. The lowest BCUT2D eigenvalue weighted by molar-refractivity contribution is -0.124. The van der Waals surface area contributed by atoms with Crippen LogP contribution < -0.4 is 10.6 Å². The molecule has 26 heavy (non-hydrogen) atoms. The zero-order valence-corrected chi connectivity index (χ0v) is 15.9. The van der Waals surface area contributed by atoms with Crippen molar-refractivity contribution in [3.8, 4) is 0 Å². The van der Waals surface area contributed by atoms with E-state index in [0.29, 0.717) is 6.54 Å². The molecule has 0 bridgehead atoms. The third kappa shape index (κ3) is 4.74. The van der Waals surface area contributed by atoms with Crippen molar-refractivity contribution < 1.29 is 14.3 Å². The molecule has 2 saturated carbocycles. The van der Waals surface area contributed by atoms with E-state index in [1.165, 1.54) is 0 Å². The van der Waals surface area contributed by atoms with Crippen molar-refractivity contribution in [3.63, 3.8) is 0 Å². The van der Waals surface area contributed by atoms with Crippen LogP contribution in [0.4, 0.5) is 4.79 Å². The first-order valence-electron chi connectivity index (χ1n) is 9.47. The van der Waals surface area contributed by atoms with E-state index in [4.69, 9.17) is 4.74 Å². The first kappa shape index (κ1) is 18.7. The van der Waals surface area contributed by atoms with Crippen LogP contribution in [0.1, 0.15) is 64.4 Å². The highest BCUT2D eigenvalue weighted by atomic mass is 16.6. The molecule has 2 atom stereocenters. The van der Waals surface area contributed by atoms with E-state index in [0.717, 1.165) is 37.7 Å². The normalized spacial score (nSPS) is 24.0. The van der Waals surface area contributed by atoms with E-state index >= 15 is 0 Å². The highest BCUT2D eigenvalue weighted by molar-refractivity contribution is 5.83. The third-order valence-electron chi connectivity index (χ3n) is 5.16. The molecule has 2 fully saturated rings. The van der Waals surface area contributed by atoms with Gasteiger partial charge >= 0.3 is 6.09 Å². The molecule has 1 aromatic rings. The topological polar surface area (TPSA) is 80.3 Å². The monoisotopic (exact) mass is 359 g/mol. The summed E-state index contributed by atoms with van der Waals surface area (Å²) in [5.74, 6) is 0.367. The predicted molar refractivity (Wildman–Crippen MR) is 98.7 cm³/mol. The van der Waals surface area contributed by atoms with E-state index < -0.39 is 11.7 Å². The highest BCUT2D eigenvalue weighted by Gasteiger charge is 2.47. The summed E-state index contributed by atoms with van der Waals surface area (Å²) in [5, 5.41) is 6.09. The molecular formula is C20H29N3O3. The second-order valence-corrected chi connectivity index (χ2v) is 8.57. The van der Waals surface area contributed by atoms with E-state index in [2.05, 4.69) is 15.6 Å². The van der Waals surface area contributed by atoms with Crippen LogP contribution in [0.2, 0.25) is 0 Å². The van der Waals surface area contributed by atoms with Crippen LogP contribution in [0, 0.1) is 5.92 Å². The molecule has 0 saturated heterocycles. The van der Waals surface area contributed by atoms with Crippen molar-refractivity contribution >= 4 is 12.0 Å². The maximum atomic E-state index is 12.7. The summed E-state index contributed by atoms with van der Waals surface area (Å²) >= 11 is 0. The summed E-state index contributed by atoms with van der Waals surface area (Å²) in [4.78, 5) is 28.9. The van der Waals surface area contributed by atoms with Gasteiger partial charge in [0, 0.05) is 24.9 Å². The van der Waals surface area contributed by atoms with Crippen LogP contribution in [-0.4, -0.2) is 34.7 Å². The molecule has 2 aliphatic carbocycles. The number of rotatable bonds is 5. The molecule has 0 aliphatic heterocycles. The van der Waals surface area contributed by atoms with Gasteiger partial charge in [-0.2, -0.15) is 0 Å². The Morgan fingerprint density at radius 2 is 2.04 bits per heavy atom. The van der Waals surface area contributed by atoms with E-state index in [-0.39, 0.29) is 23.3 Å². The number of hydrogen-bond acceptors (Lipinski definition) is 4. The van der Waals surface area contributed by atoms with Crippen LogP contribution in [0.5, 0.6) is 0 Å². The minimum atomic E-state index is -0.527. The molecule has 0 aromatic carbocycles. The Morgan fingerprint density at radius 1 is 1.31 bits per heavy atom. The van der Waals surface area contributed by atoms with Gasteiger partial charge in [-0.3, -0.25) is 9.78 Å². The van der Waals surface area contributed by atoms with E-state index in [1.807, 2.05) is 39.1 Å². The Bertz CT molecular complexity index is 648. The van der Waals surface area contributed by atoms with Gasteiger partial charge in [-0.05, 0) is 57.6 Å². The van der Waals surface area contributed by atoms with Gasteiger partial charge in [0.25, 0.3) is 0 Å². The van der Waals surface area contributed by atoms with Gasteiger partial charge in [0.1, 0.15) is 5.60 Å². The smallest absolute Gasteiger partial charge is 0.407 e. The molecule has 2 aliphatic rings. The van der Waals surface area contributed by atoms with Crippen molar-refractivity contribution in [2.45, 2.75) is 69.9 Å². The van der Waals surface area contributed by atoms with Crippen molar-refractivity contribution in [3.05, 3.63) is 30.1 Å². The molecule has 6 heteroatoms. The first-order chi connectivity index (χ1) is 12.3. The lowest BCUT2D eigenvalue weighted by Gasteiger charge is -2.31. The van der Waals surface area contributed by atoms with E-state index in [9.17, 15) is 9.59 Å². The molecule has 0 spiro atoms. The molecule has 6 nitrogen and oxygen atoms in total. The van der Waals surface area contributed by atoms with Crippen molar-refractivity contribution in [2.75, 3.05) is 6.54 Å². The molecular weight excluding hydrogens is 330 g/mol. The largest absolute Gasteiger partial charge is 0.444 e. The number of carbonyl (C=O) groups excluding carboxylic acids is 2. The summed E-state index contributed by atoms with van der Waals surface area (Å²) in [5.41, 5.74) is 0.247. The Kier molecular flexibility index (Phi) is 5.21. The van der Waals surface area contributed by atoms with Crippen LogP contribution in [0.3, 0.4) is 0 Å². The van der Waals surface area contributed by atoms with Crippen molar-refractivity contribution in [2.24, 2.45) is 5.92 Å². The number of nitrogens with zero attached hydrogens (tertiary/aromatic N) is 1. The van der Waals surface area contributed by atoms with Gasteiger partial charge in [-0.25, -0.2) is 4.79 Å². The lowest BCUT2D eigenvalue weighted by Crippen LogP contribution is -2.54. The zero-order valence-electron chi connectivity index (χ0n) is 15.9. The molecule has 2 N–H and O–H groups in total. The molecule has 0 radical (unpaired) electrons. The Labute approximate surface area is 155 Å². The summed E-state index contributed by atoms with van der Waals surface area (Å²) in [6.07, 6.45) is 7.92. The van der Waals surface area contributed by atoms with Gasteiger partial charge in [0.15, 0.2) is 0 Å². The summed E-state index contributed by atoms with van der Waals surface area (Å²) < 4.78 is 5.31.